The van der Waals surface area contributed by atoms with Crippen LogP contribution in [0.1, 0.15) is 45.1 Å². The summed E-state index contributed by atoms with van der Waals surface area (Å²) >= 11 is 0. The zero-order valence-electron chi connectivity index (χ0n) is 9.80. The Labute approximate surface area is 91.3 Å². The SMILES string of the molecule is CCNc1cc(CC)nc(C2(C)CC2)n1. The molecule has 0 amide bonds. The second kappa shape index (κ2) is 3.80. The third-order valence-electron chi connectivity index (χ3n) is 3.04. The summed E-state index contributed by atoms with van der Waals surface area (Å²) < 4.78 is 0. The molecule has 1 aromatic rings. The standard InChI is InChI=1S/C12H19N3/c1-4-9-8-10(13-5-2)15-11(14-9)12(3)6-7-12/h8H,4-7H2,1-3H3,(H,13,14,15). The van der Waals surface area contributed by atoms with Gasteiger partial charge in [-0.05, 0) is 26.2 Å². The lowest BCUT2D eigenvalue weighted by Gasteiger charge is -2.11. The first kappa shape index (κ1) is 10.4. The molecule has 1 N–H and O–H groups in total. The van der Waals surface area contributed by atoms with Gasteiger partial charge in [0.1, 0.15) is 11.6 Å². The number of anilines is 1. The number of nitrogens with zero attached hydrogens (tertiary/aromatic N) is 2. The molecule has 0 atom stereocenters. The van der Waals surface area contributed by atoms with Crippen molar-refractivity contribution in [3.63, 3.8) is 0 Å². The van der Waals surface area contributed by atoms with Crippen LogP contribution in [0.2, 0.25) is 0 Å². The van der Waals surface area contributed by atoms with E-state index in [-0.39, 0.29) is 5.41 Å². The van der Waals surface area contributed by atoms with Crippen molar-refractivity contribution >= 4 is 5.82 Å². The van der Waals surface area contributed by atoms with Crippen molar-refractivity contribution < 1.29 is 0 Å². The largest absolute Gasteiger partial charge is 0.370 e. The maximum Gasteiger partial charge on any atom is 0.136 e. The minimum absolute atomic E-state index is 0.259. The van der Waals surface area contributed by atoms with Gasteiger partial charge in [-0.2, -0.15) is 0 Å². The summed E-state index contributed by atoms with van der Waals surface area (Å²) in [6, 6.07) is 2.05. The maximum atomic E-state index is 4.62. The van der Waals surface area contributed by atoms with Crippen LogP contribution in [0.4, 0.5) is 5.82 Å². The van der Waals surface area contributed by atoms with Gasteiger partial charge in [-0.1, -0.05) is 13.8 Å². The van der Waals surface area contributed by atoms with E-state index in [1.165, 1.54) is 12.8 Å². The Morgan fingerprint density at radius 3 is 2.60 bits per heavy atom. The molecule has 0 bridgehead atoms. The Hall–Kier alpha value is -1.12. The molecule has 1 aromatic heterocycles. The molecule has 0 aliphatic heterocycles. The van der Waals surface area contributed by atoms with Gasteiger partial charge in [0.25, 0.3) is 0 Å². The summed E-state index contributed by atoms with van der Waals surface area (Å²) in [5.41, 5.74) is 1.40. The van der Waals surface area contributed by atoms with Crippen molar-refractivity contribution in [3.8, 4) is 0 Å². The van der Waals surface area contributed by atoms with Crippen LogP contribution in [-0.4, -0.2) is 16.5 Å². The molecule has 0 aromatic carbocycles. The molecule has 3 heteroatoms. The first-order valence-corrected chi connectivity index (χ1v) is 5.80. The van der Waals surface area contributed by atoms with E-state index in [1.807, 2.05) is 0 Å². The Morgan fingerprint density at radius 2 is 2.07 bits per heavy atom. The highest BCUT2D eigenvalue weighted by Crippen LogP contribution is 2.46. The van der Waals surface area contributed by atoms with E-state index in [0.29, 0.717) is 0 Å². The average Bonchev–Trinajstić information content (AvgIpc) is 2.98. The van der Waals surface area contributed by atoms with E-state index in [0.717, 1.165) is 30.3 Å². The molecule has 1 saturated carbocycles. The van der Waals surface area contributed by atoms with Crippen molar-refractivity contribution in [2.75, 3.05) is 11.9 Å². The molecule has 0 saturated heterocycles. The van der Waals surface area contributed by atoms with E-state index in [9.17, 15) is 0 Å². The summed E-state index contributed by atoms with van der Waals surface area (Å²) in [7, 11) is 0. The van der Waals surface area contributed by atoms with Gasteiger partial charge in [0.05, 0.1) is 0 Å². The lowest BCUT2D eigenvalue weighted by molar-refractivity contribution is 0.699. The molecule has 1 aliphatic carbocycles. The zero-order chi connectivity index (χ0) is 10.9. The molecule has 3 nitrogen and oxygen atoms in total. The highest BCUT2D eigenvalue weighted by molar-refractivity contribution is 5.38. The van der Waals surface area contributed by atoms with Crippen molar-refractivity contribution in [1.82, 2.24) is 9.97 Å². The van der Waals surface area contributed by atoms with Crippen molar-refractivity contribution in [2.45, 2.75) is 45.4 Å². The Kier molecular flexibility index (Phi) is 2.63. The van der Waals surface area contributed by atoms with Crippen LogP contribution in [0.5, 0.6) is 0 Å². The average molecular weight is 205 g/mol. The number of aromatic nitrogens is 2. The minimum Gasteiger partial charge on any atom is -0.370 e. The Morgan fingerprint density at radius 1 is 1.33 bits per heavy atom. The van der Waals surface area contributed by atoms with E-state index in [2.05, 4.69) is 42.1 Å². The Bertz CT molecular complexity index is 356. The van der Waals surface area contributed by atoms with Gasteiger partial charge >= 0.3 is 0 Å². The second-order valence-electron chi connectivity index (χ2n) is 4.51. The number of hydrogen-bond acceptors (Lipinski definition) is 3. The normalized spacial score (nSPS) is 17.5. The quantitative estimate of drug-likeness (QED) is 0.820. The van der Waals surface area contributed by atoms with Gasteiger partial charge in [-0.15, -0.1) is 0 Å². The van der Waals surface area contributed by atoms with Gasteiger partial charge in [0, 0.05) is 23.7 Å². The third kappa shape index (κ3) is 2.11. The maximum absolute atomic E-state index is 4.62. The third-order valence-corrected chi connectivity index (χ3v) is 3.04. The molecule has 2 rings (SSSR count). The van der Waals surface area contributed by atoms with Gasteiger partial charge in [-0.25, -0.2) is 9.97 Å². The summed E-state index contributed by atoms with van der Waals surface area (Å²) in [5.74, 6) is 2.00. The van der Waals surface area contributed by atoms with Crippen molar-refractivity contribution in [2.24, 2.45) is 0 Å². The topological polar surface area (TPSA) is 37.8 Å². The monoisotopic (exact) mass is 205 g/mol. The highest BCUT2D eigenvalue weighted by Gasteiger charge is 2.42. The Balaban J connectivity index is 2.33. The fourth-order valence-electron chi connectivity index (χ4n) is 1.63. The summed E-state index contributed by atoms with van der Waals surface area (Å²) in [6.45, 7) is 7.39. The van der Waals surface area contributed by atoms with Gasteiger partial charge in [-0.3, -0.25) is 0 Å². The predicted octanol–water partition coefficient (Wildman–Crippen LogP) is 2.52. The number of nitrogens with one attached hydrogen (secondary N) is 1. The molecule has 1 heterocycles. The van der Waals surface area contributed by atoms with E-state index in [1.54, 1.807) is 0 Å². The highest BCUT2D eigenvalue weighted by atomic mass is 15.0. The zero-order valence-corrected chi connectivity index (χ0v) is 9.80. The number of aryl methyl sites for hydroxylation is 1. The van der Waals surface area contributed by atoms with Crippen LogP contribution in [0.15, 0.2) is 6.07 Å². The van der Waals surface area contributed by atoms with Gasteiger partial charge < -0.3 is 5.32 Å². The first-order valence-electron chi connectivity index (χ1n) is 5.80. The lowest BCUT2D eigenvalue weighted by Crippen LogP contribution is -2.11. The number of hydrogen-bond donors (Lipinski definition) is 1. The summed E-state index contributed by atoms with van der Waals surface area (Å²) in [5, 5.41) is 3.27. The molecule has 82 valence electrons. The van der Waals surface area contributed by atoms with Crippen LogP contribution in [0.25, 0.3) is 0 Å². The molecule has 1 fully saturated rings. The van der Waals surface area contributed by atoms with Crippen LogP contribution < -0.4 is 5.32 Å². The fraction of sp³-hybridized carbons (Fsp3) is 0.667. The molecule has 0 spiro atoms. The fourth-order valence-corrected chi connectivity index (χ4v) is 1.63. The predicted molar refractivity (Wildman–Crippen MR) is 62.2 cm³/mol. The van der Waals surface area contributed by atoms with Crippen LogP contribution in [-0.2, 0) is 11.8 Å². The van der Waals surface area contributed by atoms with E-state index >= 15 is 0 Å². The lowest BCUT2D eigenvalue weighted by atomic mass is 10.1. The van der Waals surface area contributed by atoms with Gasteiger partial charge in [0.15, 0.2) is 0 Å². The summed E-state index contributed by atoms with van der Waals surface area (Å²) in [6.07, 6.45) is 3.43. The van der Waals surface area contributed by atoms with Crippen LogP contribution in [0, 0.1) is 0 Å². The van der Waals surface area contributed by atoms with Crippen molar-refractivity contribution in [1.29, 1.82) is 0 Å². The number of rotatable bonds is 4. The molecular weight excluding hydrogens is 186 g/mol. The molecule has 0 unspecified atom stereocenters. The minimum atomic E-state index is 0.259. The molecule has 15 heavy (non-hydrogen) atoms. The van der Waals surface area contributed by atoms with Gasteiger partial charge in [0.2, 0.25) is 0 Å². The summed E-state index contributed by atoms with van der Waals surface area (Å²) in [4.78, 5) is 9.20. The first-order chi connectivity index (χ1) is 7.18. The molecular formula is C12H19N3. The molecule has 0 radical (unpaired) electrons. The van der Waals surface area contributed by atoms with E-state index in [4.69, 9.17) is 0 Å². The van der Waals surface area contributed by atoms with Crippen LogP contribution in [0.3, 0.4) is 0 Å². The van der Waals surface area contributed by atoms with Crippen molar-refractivity contribution in [3.05, 3.63) is 17.6 Å². The molecule has 1 aliphatic rings. The van der Waals surface area contributed by atoms with E-state index < -0.39 is 0 Å². The second-order valence-corrected chi connectivity index (χ2v) is 4.51. The smallest absolute Gasteiger partial charge is 0.136 e. The van der Waals surface area contributed by atoms with Crippen LogP contribution >= 0.6 is 0 Å².